The maximum absolute atomic E-state index is 5.69. The van der Waals surface area contributed by atoms with Crippen LogP contribution in [-0.2, 0) is 4.74 Å². The predicted molar refractivity (Wildman–Crippen MR) is 51.0 cm³/mol. The zero-order valence-corrected chi connectivity index (χ0v) is 8.41. The predicted octanol–water partition coefficient (Wildman–Crippen LogP) is 2.54. The number of thiocarbonyl (C=S) groups is 1. The smallest absolute Gasteiger partial charge is 0.160 e. The lowest BCUT2D eigenvalue weighted by atomic mass is 9.32. The van der Waals surface area contributed by atoms with Gasteiger partial charge in [0.1, 0.15) is 6.10 Å². The standard InChI is InChI=1S/C10H14OS/c1-9-4-6-3-8(12)11-7(5-9)10(6,9)2/h6-7H,3-5H2,1-2H3. The topological polar surface area (TPSA) is 9.23 Å². The van der Waals surface area contributed by atoms with E-state index in [1.54, 1.807) is 0 Å². The van der Waals surface area contributed by atoms with Gasteiger partial charge in [0.25, 0.3) is 0 Å². The molecule has 12 heavy (non-hydrogen) atoms. The molecule has 66 valence electrons. The van der Waals surface area contributed by atoms with Crippen LogP contribution in [0.2, 0.25) is 0 Å². The summed E-state index contributed by atoms with van der Waals surface area (Å²) in [6.45, 7) is 4.79. The molecule has 0 spiro atoms. The van der Waals surface area contributed by atoms with E-state index in [1.807, 2.05) is 0 Å². The van der Waals surface area contributed by atoms with Gasteiger partial charge in [0.2, 0.25) is 0 Å². The van der Waals surface area contributed by atoms with Gasteiger partial charge in [-0.25, -0.2) is 0 Å². The summed E-state index contributed by atoms with van der Waals surface area (Å²) in [5.74, 6) is 0.836. The molecule has 0 aromatic heterocycles. The fourth-order valence-electron chi connectivity index (χ4n) is 3.64. The summed E-state index contributed by atoms with van der Waals surface area (Å²) in [5.41, 5.74) is 1.08. The Labute approximate surface area is 78.5 Å². The van der Waals surface area contributed by atoms with E-state index in [0.717, 1.165) is 17.4 Å². The highest BCUT2D eigenvalue weighted by atomic mass is 32.1. The highest BCUT2D eigenvalue weighted by Gasteiger charge is 2.73. The number of hydrogen-bond donors (Lipinski definition) is 0. The minimum atomic E-state index is 0.461. The van der Waals surface area contributed by atoms with E-state index >= 15 is 0 Å². The van der Waals surface area contributed by atoms with E-state index in [1.165, 1.54) is 12.8 Å². The van der Waals surface area contributed by atoms with Crippen molar-refractivity contribution in [2.45, 2.75) is 39.2 Å². The Morgan fingerprint density at radius 1 is 1.42 bits per heavy atom. The van der Waals surface area contributed by atoms with E-state index in [-0.39, 0.29) is 0 Å². The molecule has 1 saturated heterocycles. The van der Waals surface area contributed by atoms with E-state index in [9.17, 15) is 0 Å². The molecule has 3 rings (SSSR count). The van der Waals surface area contributed by atoms with Gasteiger partial charge in [0.15, 0.2) is 5.05 Å². The van der Waals surface area contributed by atoms with Crippen molar-refractivity contribution >= 4 is 17.3 Å². The van der Waals surface area contributed by atoms with Crippen LogP contribution in [-0.4, -0.2) is 11.2 Å². The molecule has 0 N–H and O–H groups in total. The van der Waals surface area contributed by atoms with Crippen molar-refractivity contribution in [3.05, 3.63) is 0 Å². The molecule has 0 amide bonds. The highest BCUT2D eigenvalue weighted by Crippen LogP contribution is 2.75. The third-order valence-corrected chi connectivity index (χ3v) is 5.10. The Bertz CT molecular complexity index is 253. The van der Waals surface area contributed by atoms with Crippen LogP contribution in [0.1, 0.15) is 33.1 Å². The van der Waals surface area contributed by atoms with Crippen LogP contribution in [0.4, 0.5) is 0 Å². The summed E-state index contributed by atoms with van der Waals surface area (Å²) in [4.78, 5) is 0. The normalized spacial score (nSPS) is 61.0. The molecule has 4 unspecified atom stereocenters. The summed E-state index contributed by atoms with van der Waals surface area (Å²) in [5, 5.41) is 0.865. The van der Waals surface area contributed by atoms with Gasteiger partial charge in [0, 0.05) is 11.8 Å². The first-order chi connectivity index (χ1) is 5.56. The minimum absolute atomic E-state index is 0.461. The third-order valence-electron chi connectivity index (χ3n) is 4.84. The Morgan fingerprint density at radius 2 is 2.17 bits per heavy atom. The summed E-state index contributed by atoms with van der Waals surface area (Å²) in [6, 6.07) is 0. The monoisotopic (exact) mass is 182 g/mol. The SMILES string of the molecule is CC12CC3CC(=S)OC(C1)C32C. The van der Waals surface area contributed by atoms with Crippen LogP contribution in [0.3, 0.4) is 0 Å². The van der Waals surface area contributed by atoms with Gasteiger partial charge in [-0.3, -0.25) is 0 Å². The van der Waals surface area contributed by atoms with Crippen LogP contribution in [0.5, 0.6) is 0 Å². The van der Waals surface area contributed by atoms with E-state index < -0.39 is 0 Å². The largest absolute Gasteiger partial charge is 0.483 e. The second kappa shape index (κ2) is 1.72. The molecule has 1 nitrogen and oxygen atoms in total. The Balaban J connectivity index is 1.96. The zero-order chi connectivity index (χ0) is 8.56. The fourth-order valence-corrected chi connectivity index (χ4v) is 3.96. The average Bonchev–Trinajstić information content (AvgIpc) is 1.98. The van der Waals surface area contributed by atoms with Crippen molar-refractivity contribution in [2.75, 3.05) is 0 Å². The number of hydrogen-bond acceptors (Lipinski definition) is 2. The second-order valence-corrected chi connectivity index (χ2v) is 5.59. The third kappa shape index (κ3) is 0.517. The first-order valence-electron chi connectivity index (χ1n) is 4.76. The van der Waals surface area contributed by atoms with Gasteiger partial charge < -0.3 is 4.74 Å². The molecule has 2 saturated carbocycles. The lowest BCUT2D eigenvalue weighted by Gasteiger charge is -2.75. The molecule has 2 aliphatic carbocycles. The minimum Gasteiger partial charge on any atom is -0.483 e. The van der Waals surface area contributed by atoms with Gasteiger partial charge in [0.05, 0.1) is 0 Å². The second-order valence-electron chi connectivity index (χ2n) is 5.13. The molecule has 0 aromatic carbocycles. The quantitative estimate of drug-likeness (QED) is 0.532. The van der Waals surface area contributed by atoms with Crippen LogP contribution in [0.15, 0.2) is 0 Å². The van der Waals surface area contributed by atoms with Crippen LogP contribution in [0, 0.1) is 16.7 Å². The Hall–Kier alpha value is -0.110. The molecule has 3 fully saturated rings. The molecule has 4 atom stereocenters. The van der Waals surface area contributed by atoms with Gasteiger partial charge in [-0.2, -0.15) is 0 Å². The van der Waals surface area contributed by atoms with Gasteiger partial charge in [-0.05, 0) is 36.4 Å². The molecular formula is C10H14OS. The van der Waals surface area contributed by atoms with Crippen molar-refractivity contribution in [1.29, 1.82) is 0 Å². The maximum Gasteiger partial charge on any atom is 0.160 e. The van der Waals surface area contributed by atoms with E-state index in [2.05, 4.69) is 13.8 Å². The van der Waals surface area contributed by atoms with Crippen LogP contribution >= 0.6 is 12.2 Å². The molecule has 3 aliphatic rings. The molecule has 2 heteroatoms. The molecule has 1 heterocycles. The van der Waals surface area contributed by atoms with Crippen molar-refractivity contribution in [1.82, 2.24) is 0 Å². The van der Waals surface area contributed by atoms with Gasteiger partial charge in [-0.1, -0.05) is 13.8 Å². The first-order valence-corrected chi connectivity index (χ1v) is 5.16. The summed E-state index contributed by atoms with van der Waals surface area (Å²) >= 11 is 5.14. The lowest BCUT2D eigenvalue weighted by Crippen LogP contribution is -2.74. The van der Waals surface area contributed by atoms with Crippen molar-refractivity contribution in [2.24, 2.45) is 16.7 Å². The van der Waals surface area contributed by atoms with Gasteiger partial charge >= 0.3 is 0 Å². The molecule has 0 radical (unpaired) electrons. The molecule has 0 aromatic rings. The summed E-state index contributed by atoms with van der Waals surface area (Å²) < 4.78 is 5.69. The molecular weight excluding hydrogens is 168 g/mol. The van der Waals surface area contributed by atoms with Gasteiger partial charge in [-0.15, -0.1) is 0 Å². The van der Waals surface area contributed by atoms with Crippen LogP contribution < -0.4 is 0 Å². The first kappa shape index (κ1) is 7.31. The Kier molecular flexibility index (Phi) is 1.05. The van der Waals surface area contributed by atoms with E-state index in [4.69, 9.17) is 17.0 Å². The summed E-state index contributed by atoms with van der Waals surface area (Å²) in [7, 11) is 0. The highest BCUT2D eigenvalue weighted by molar-refractivity contribution is 7.80. The number of rotatable bonds is 0. The average molecular weight is 182 g/mol. The van der Waals surface area contributed by atoms with Crippen LogP contribution in [0.25, 0.3) is 0 Å². The summed E-state index contributed by atoms with van der Waals surface area (Å²) in [6.07, 6.45) is 4.11. The van der Waals surface area contributed by atoms with Crippen molar-refractivity contribution in [3.8, 4) is 0 Å². The molecule has 0 bridgehead atoms. The molecule has 1 aliphatic heterocycles. The number of ether oxygens (including phenoxy) is 1. The zero-order valence-electron chi connectivity index (χ0n) is 7.59. The maximum atomic E-state index is 5.69. The van der Waals surface area contributed by atoms with Crippen molar-refractivity contribution in [3.63, 3.8) is 0 Å². The lowest BCUT2D eigenvalue weighted by molar-refractivity contribution is -0.292. The Morgan fingerprint density at radius 3 is 2.75 bits per heavy atom. The fraction of sp³-hybridized carbons (Fsp3) is 0.900. The van der Waals surface area contributed by atoms with E-state index in [0.29, 0.717) is 16.9 Å². The van der Waals surface area contributed by atoms with Crippen molar-refractivity contribution < 1.29 is 4.74 Å².